The van der Waals surface area contributed by atoms with Gasteiger partial charge < -0.3 is 0 Å². The zero-order chi connectivity index (χ0) is 14.1. The number of fused-ring (bicyclic) bond motifs is 1. The van der Waals surface area contributed by atoms with E-state index in [1.807, 2.05) is 30.3 Å². The molecule has 0 bridgehead atoms. The van der Waals surface area contributed by atoms with Crippen molar-refractivity contribution in [3.8, 4) is 5.69 Å². The van der Waals surface area contributed by atoms with Crippen molar-refractivity contribution in [2.75, 3.05) is 5.88 Å². The van der Waals surface area contributed by atoms with Crippen LogP contribution >= 0.6 is 39.1 Å². The summed E-state index contributed by atoms with van der Waals surface area (Å²) >= 11 is 15.4. The SMILES string of the molecule is ClCCc1nc2cc(Cl)ccc2n1-c1ccc(Br)cc1. The summed E-state index contributed by atoms with van der Waals surface area (Å²) in [4.78, 5) is 4.64. The molecule has 0 aliphatic carbocycles. The molecule has 0 spiro atoms. The van der Waals surface area contributed by atoms with Crippen LogP contribution in [0.25, 0.3) is 16.7 Å². The number of nitrogens with zero attached hydrogens (tertiary/aromatic N) is 2. The van der Waals surface area contributed by atoms with Crippen molar-refractivity contribution in [1.29, 1.82) is 0 Å². The largest absolute Gasteiger partial charge is 0.296 e. The first kappa shape index (κ1) is 13.9. The van der Waals surface area contributed by atoms with Crippen LogP contribution in [0.2, 0.25) is 5.02 Å². The topological polar surface area (TPSA) is 17.8 Å². The van der Waals surface area contributed by atoms with Gasteiger partial charge in [0.15, 0.2) is 0 Å². The number of alkyl halides is 1. The lowest BCUT2D eigenvalue weighted by molar-refractivity contribution is 0.912. The van der Waals surface area contributed by atoms with Gasteiger partial charge >= 0.3 is 0 Å². The number of hydrogen-bond donors (Lipinski definition) is 0. The molecule has 2 aromatic carbocycles. The first-order valence-corrected chi connectivity index (χ1v) is 7.88. The van der Waals surface area contributed by atoms with Crippen molar-refractivity contribution in [3.63, 3.8) is 0 Å². The molecule has 5 heteroatoms. The van der Waals surface area contributed by atoms with Crippen molar-refractivity contribution in [2.45, 2.75) is 6.42 Å². The third kappa shape index (κ3) is 2.58. The molecular weight excluding hydrogens is 359 g/mol. The maximum absolute atomic E-state index is 6.04. The Morgan fingerprint density at radius 1 is 1.10 bits per heavy atom. The predicted octanol–water partition coefficient (Wildman–Crippen LogP) is 5.22. The minimum absolute atomic E-state index is 0.535. The number of imidazole rings is 1. The Morgan fingerprint density at radius 2 is 1.85 bits per heavy atom. The van der Waals surface area contributed by atoms with E-state index in [-0.39, 0.29) is 0 Å². The molecule has 0 radical (unpaired) electrons. The molecule has 0 atom stereocenters. The lowest BCUT2D eigenvalue weighted by atomic mass is 10.2. The molecule has 0 aliphatic heterocycles. The molecule has 1 heterocycles. The van der Waals surface area contributed by atoms with Gasteiger partial charge in [0.1, 0.15) is 5.82 Å². The van der Waals surface area contributed by atoms with Gasteiger partial charge in [-0.05, 0) is 42.5 Å². The molecule has 0 unspecified atom stereocenters. The number of hydrogen-bond acceptors (Lipinski definition) is 1. The lowest BCUT2D eigenvalue weighted by Gasteiger charge is -2.08. The van der Waals surface area contributed by atoms with Crippen molar-refractivity contribution in [1.82, 2.24) is 9.55 Å². The van der Waals surface area contributed by atoms with Crippen LogP contribution in [0.5, 0.6) is 0 Å². The quantitative estimate of drug-likeness (QED) is 0.578. The summed E-state index contributed by atoms with van der Waals surface area (Å²) in [6.45, 7) is 0. The second-order valence-corrected chi connectivity index (χ2v) is 6.14. The number of benzene rings is 2. The summed E-state index contributed by atoms with van der Waals surface area (Å²) in [6.07, 6.45) is 0.712. The van der Waals surface area contributed by atoms with Gasteiger partial charge in [-0.2, -0.15) is 0 Å². The van der Waals surface area contributed by atoms with Gasteiger partial charge in [0.05, 0.1) is 11.0 Å². The minimum Gasteiger partial charge on any atom is -0.296 e. The zero-order valence-electron chi connectivity index (χ0n) is 10.5. The lowest BCUT2D eigenvalue weighted by Crippen LogP contribution is -2.01. The van der Waals surface area contributed by atoms with E-state index in [0.717, 1.165) is 27.0 Å². The highest BCUT2D eigenvalue weighted by Gasteiger charge is 2.12. The molecule has 0 fully saturated rings. The maximum Gasteiger partial charge on any atom is 0.115 e. The summed E-state index contributed by atoms with van der Waals surface area (Å²) in [5.41, 5.74) is 3.00. The Morgan fingerprint density at radius 3 is 2.55 bits per heavy atom. The number of aryl methyl sites for hydroxylation is 1. The fourth-order valence-corrected chi connectivity index (χ4v) is 2.83. The van der Waals surface area contributed by atoms with Crippen LogP contribution in [-0.4, -0.2) is 15.4 Å². The predicted molar refractivity (Wildman–Crippen MR) is 88.2 cm³/mol. The molecule has 0 N–H and O–H groups in total. The Kier molecular flexibility index (Phi) is 4.01. The van der Waals surface area contributed by atoms with Gasteiger partial charge in [-0.25, -0.2) is 4.98 Å². The highest BCUT2D eigenvalue weighted by Crippen LogP contribution is 2.25. The monoisotopic (exact) mass is 368 g/mol. The van der Waals surface area contributed by atoms with Gasteiger partial charge in [-0.3, -0.25) is 4.57 Å². The van der Waals surface area contributed by atoms with Crippen molar-refractivity contribution in [3.05, 3.63) is 57.8 Å². The third-order valence-electron chi connectivity index (χ3n) is 3.09. The number of rotatable bonds is 3. The molecule has 2 nitrogen and oxygen atoms in total. The van der Waals surface area contributed by atoms with Gasteiger partial charge in [0.25, 0.3) is 0 Å². The van der Waals surface area contributed by atoms with E-state index in [0.29, 0.717) is 17.3 Å². The molecule has 0 saturated heterocycles. The Labute approximate surface area is 135 Å². The second-order valence-electron chi connectivity index (χ2n) is 4.41. The van der Waals surface area contributed by atoms with E-state index in [1.165, 1.54) is 0 Å². The first-order valence-electron chi connectivity index (χ1n) is 6.18. The Balaban J connectivity index is 2.25. The van der Waals surface area contributed by atoms with E-state index in [9.17, 15) is 0 Å². The Bertz CT molecular complexity index is 750. The molecule has 0 amide bonds. The molecule has 3 aromatic rings. The average Bonchev–Trinajstić information content (AvgIpc) is 2.77. The van der Waals surface area contributed by atoms with Crippen molar-refractivity contribution in [2.24, 2.45) is 0 Å². The van der Waals surface area contributed by atoms with Gasteiger partial charge in [-0.1, -0.05) is 27.5 Å². The molecular formula is C15H11BrCl2N2. The highest BCUT2D eigenvalue weighted by molar-refractivity contribution is 9.10. The van der Waals surface area contributed by atoms with Crippen LogP contribution in [-0.2, 0) is 6.42 Å². The smallest absolute Gasteiger partial charge is 0.115 e. The van der Waals surface area contributed by atoms with E-state index in [4.69, 9.17) is 23.2 Å². The van der Waals surface area contributed by atoms with Crippen LogP contribution in [0.1, 0.15) is 5.82 Å². The van der Waals surface area contributed by atoms with Crippen LogP contribution in [0.15, 0.2) is 46.9 Å². The molecule has 0 saturated carbocycles. The average molecular weight is 370 g/mol. The normalized spacial score (nSPS) is 11.2. The van der Waals surface area contributed by atoms with E-state index in [2.05, 4.69) is 37.6 Å². The summed E-state index contributed by atoms with van der Waals surface area (Å²) in [5, 5.41) is 0.690. The third-order valence-corrected chi connectivity index (χ3v) is 4.04. The van der Waals surface area contributed by atoms with Gasteiger partial charge in [-0.15, -0.1) is 11.6 Å². The highest BCUT2D eigenvalue weighted by atomic mass is 79.9. The van der Waals surface area contributed by atoms with Crippen LogP contribution in [0.3, 0.4) is 0 Å². The van der Waals surface area contributed by atoms with E-state index >= 15 is 0 Å². The fourth-order valence-electron chi connectivity index (χ4n) is 2.23. The number of halogens is 3. The first-order chi connectivity index (χ1) is 9.69. The second kappa shape index (κ2) is 5.76. The summed E-state index contributed by atoms with van der Waals surface area (Å²) in [5.74, 6) is 1.48. The standard InChI is InChI=1S/C15H11BrCl2N2/c16-10-1-4-12(5-2-10)20-14-6-3-11(18)9-13(14)19-15(20)7-8-17/h1-6,9H,7-8H2. The van der Waals surface area contributed by atoms with Crippen LogP contribution in [0, 0.1) is 0 Å². The van der Waals surface area contributed by atoms with Gasteiger partial charge in [0, 0.05) is 27.5 Å². The van der Waals surface area contributed by atoms with Crippen molar-refractivity contribution >= 4 is 50.2 Å². The maximum atomic E-state index is 6.04. The molecule has 3 rings (SSSR count). The summed E-state index contributed by atoms with van der Waals surface area (Å²) in [6, 6.07) is 13.9. The Hall–Kier alpha value is -1.03. The molecule has 20 heavy (non-hydrogen) atoms. The minimum atomic E-state index is 0.535. The van der Waals surface area contributed by atoms with Crippen LogP contribution < -0.4 is 0 Å². The molecule has 102 valence electrons. The van der Waals surface area contributed by atoms with E-state index < -0.39 is 0 Å². The molecule has 0 aliphatic rings. The summed E-state index contributed by atoms with van der Waals surface area (Å²) < 4.78 is 3.17. The van der Waals surface area contributed by atoms with E-state index in [1.54, 1.807) is 0 Å². The van der Waals surface area contributed by atoms with Gasteiger partial charge in [0.2, 0.25) is 0 Å². The number of aromatic nitrogens is 2. The fraction of sp³-hybridized carbons (Fsp3) is 0.133. The zero-order valence-corrected chi connectivity index (χ0v) is 13.6. The molecule has 1 aromatic heterocycles. The summed E-state index contributed by atoms with van der Waals surface area (Å²) in [7, 11) is 0. The van der Waals surface area contributed by atoms with Crippen LogP contribution in [0.4, 0.5) is 0 Å². The van der Waals surface area contributed by atoms with Crippen molar-refractivity contribution < 1.29 is 0 Å².